The standard InChI is InChI=1S/C18H17BrO5/c1-11(17(20)12-7-9-13(19)10-8-12)24-18(21)16-14(22-2)5-4-6-15(16)23-3/h4-11H,1-3H3/t11-/m0/s1. The molecule has 6 heteroatoms. The normalized spacial score (nSPS) is 11.5. The molecule has 126 valence electrons. The second kappa shape index (κ2) is 7.97. The molecule has 1 atom stereocenters. The highest BCUT2D eigenvalue weighted by atomic mass is 79.9. The topological polar surface area (TPSA) is 61.8 Å². The minimum atomic E-state index is -0.937. The molecule has 5 nitrogen and oxygen atoms in total. The molecule has 0 fully saturated rings. The highest BCUT2D eigenvalue weighted by molar-refractivity contribution is 9.10. The van der Waals surface area contributed by atoms with Crippen molar-refractivity contribution < 1.29 is 23.8 Å². The number of hydrogen-bond donors (Lipinski definition) is 0. The van der Waals surface area contributed by atoms with Crippen molar-refractivity contribution >= 4 is 27.7 Å². The molecule has 24 heavy (non-hydrogen) atoms. The Kier molecular flexibility index (Phi) is 5.98. The van der Waals surface area contributed by atoms with E-state index in [1.165, 1.54) is 21.1 Å². The summed E-state index contributed by atoms with van der Waals surface area (Å²) in [7, 11) is 2.89. The Morgan fingerprint density at radius 3 is 2.00 bits per heavy atom. The lowest BCUT2D eigenvalue weighted by Gasteiger charge is -2.16. The van der Waals surface area contributed by atoms with Gasteiger partial charge in [0.2, 0.25) is 5.78 Å². The lowest BCUT2D eigenvalue weighted by molar-refractivity contribution is 0.0313. The van der Waals surface area contributed by atoms with Crippen LogP contribution in [-0.4, -0.2) is 32.1 Å². The molecule has 0 aromatic heterocycles. The molecule has 2 aromatic rings. The molecule has 0 saturated heterocycles. The Balaban J connectivity index is 2.20. The van der Waals surface area contributed by atoms with Crippen LogP contribution >= 0.6 is 15.9 Å². The fourth-order valence-corrected chi connectivity index (χ4v) is 2.44. The molecular weight excluding hydrogens is 376 g/mol. The fraction of sp³-hybridized carbons (Fsp3) is 0.222. The van der Waals surface area contributed by atoms with Crippen molar-refractivity contribution in [2.45, 2.75) is 13.0 Å². The Hall–Kier alpha value is -2.34. The van der Waals surface area contributed by atoms with Crippen molar-refractivity contribution in [1.29, 1.82) is 0 Å². The third-order valence-electron chi connectivity index (χ3n) is 3.41. The van der Waals surface area contributed by atoms with Gasteiger partial charge in [-0.3, -0.25) is 4.79 Å². The van der Waals surface area contributed by atoms with Gasteiger partial charge in [0.15, 0.2) is 6.10 Å². The van der Waals surface area contributed by atoms with Gasteiger partial charge in [-0.1, -0.05) is 34.1 Å². The first-order valence-electron chi connectivity index (χ1n) is 7.19. The van der Waals surface area contributed by atoms with Crippen molar-refractivity contribution in [2.75, 3.05) is 14.2 Å². The average Bonchev–Trinajstić information content (AvgIpc) is 2.60. The lowest BCUT2D eigenvalue weighted by Crippen LogP contribution is -2.25. The van der Waals surface area contributed by atoms with Crippen LogP contribution in [0.5, 0.6) is 11.5 Å². The summed E-state index contributed by atoms with van der Waals surface area (Å²) in [5, 5.41) is 0. The van der Waals surface area contributed by atoms with Crippen molar-refractivity contribution in [3.63, 3.8) is 0 Å². The zero-order valence-electron chi connectivity index (χ0n) is 13.5. The van der Waals surface area contributed by atoms with Gasteiger partial charge in [-0.25, -0.2) is 4.79 Å². The summed E-state index contributed by atoms with van der Waals surface area (Å²) >= 11 is 3.31. The number of esters is 1. The van der Waals surface area contributed by atoms with Gasteiger partial charge >= 0.3 is 5.97 Å². The Morgan fingerprint density at radius 2 is 1.50 bits per heavy atom. The average molecular weight is 393 g/mol. The molecule has 0 unspecified atom stereocenters. The van der Waals surface area contributed by atoms with Gasteiger partial charge in [0.05, 0.1) is 14.2 Å². The smallest absolute Gasteiger partial charge is 0.346 e. The molecule has 2 rings (SSSR count). The van der Waals surface area contributed by atoms with Crippen molar-refractivity contribution in [3.8, 4) is 11.5 Å². The quantitative estimate of drug-likeness (QED) is 0.551. The van der Waals surface area contributed by atoms with E-state index in [2.05, 4.69) is 15.9 Å². The summed E-state index contributed by atoms with van der Waals surface area (Å²) in [6, 6.07) is 11.8. The molecule has 0 N–H and O–H groups in total. The molecule has 0 bridgehead atoms. The molecule has 0 aliphatic heterocycles. The molecule has 0 aliphatic rings. The molecule has 0 saturated carbocycles. The van der Waals surface area contributed by atoms with E-state index in [4.69, 9.17) is 14.2 Å². The van der Waals surface area contributed by atoms with Gasteiger partial charge in [0.1, 0.15) is 17.1 Å². The van der Waals surface area contributed by atoms with Crippen LogP contribution in [0.1, 0.15) is 27.6 Å². The van der Waals surface area contributed by atoms with E-state index in [1.54, 1.807) is 42.5 Å². The van der Waals surface area contributed by atoms with Crippen molar-refractivity contribution in [2.24, 2.45) is 0 Å². The monoisotopic (exact) mass is 392 g/mol. The number of carbonyl (C=O) groups is 2. The maximum atomic E-state index is 12.5. The van der Waals surface area contributed by atoms with Crippen LogP contribution in [0.4, 0.5) is 0 Å². The maximum Gasteiger partial charge on any atom is 0.346 e. The van der Waals surface area contributed by atoms with E-state index in [0.717, 1.165) is 4.47 Å². The van der Waals surface area contributed by atoms with Crippen LogP contribution < -0.4 is 9.47 Å². The summed E-state index contributed by atoms with van der Waals surface area (Å²) in [6.45, 7) is 1.53. The number of hydrogen-bond acceptors (Lipinski definition) is 5. The highest BCUT2D eigenvalue weighted by Crippen LogP contribution is 2.29. The van der Waals surface area contributed by atoms with E-state index < -0.39 is 12.1 Å². The molecular formula is C18H17BrO5. The molecule has 0 radical (unpaired) electrons. The minimum Gasteiger partial charge on any atom is -0.496 e. The predicted octanol–water partition coefficient (Wildman–Crippen LogP) is 3.89. The van der Waals surface area contributed by atoms with E-state index >= 15 is 0 Å². The van der Waals surface area contributed by atoms with Crippen LogP contribution in [0.25, 0.3) is 0 Å². The second-order valence-corrected chi connectivity index (χ2v) is 5.87. The van der Waals surface area contributed by atoms with Gasteiger partial charge < -0.3 is 14.2 Å². The first kappa shape index (κ1) is 18.0. The number of ketones is 1. The number of ether oxygens (including phenoxy) is 3. The Bertz CT molecular complexity index is 717. The largest absolute Gasteiger partial charge is 0.496 e. The fourth-order valence-electron chi connectivity index (χ4n) is 2.17. The summed E-state index contributed by atoms with van der Waals surface area (Å²) < 4.78 is 16.5. The van der Waals surface area contributed by atoms with Gasteiger partial charge in [-0.05, 0) is 31.2 Å². The molecule has 0 spiro atoms. The Labute approximate surface area is 148 Å². The number of halogens is 1. The number of rotatable bonds is 6. The Morgan fingerprint density at radius 1 is 0.958 bits per heavy atom. The molecule has 0 heterocycles. The van der Waals surface area contributed by atoms with Crippen molar-refractivity contribution in [1.82, 2.24) is 0 Å². The van der Waals surface area contributed by atoms with Gasteiger partial charge in [0.25, 0.3) is 0 Å². The van der Waals surface area contributed by atoms with E-state index in [0.29, 0.717) is 17.1 Å². The minimum absolute atomic E-state index is 0.151. The summed E-state index contributed by atoms with van der Waals surface area (Å²) in [5.74, 6) is -0.322. The van der Waals surface area contributed by atoms with Gasteiger partial charge in [-0.2, -0.15) is 0 Å². The lowest BCUT2D eigenvalue weighted by atomic mass is 10.1. The van der Waals surface area contributed by atoms with Crippen molar-refractivity contribution in [3.05, 3.63) is 58.1 Å². The van der Waals surface area contributed by atoms with Gasteiger partial charge in [0, 0.05) is 10.0 Å². The van der Waals surface area contributed by atoms with Crippen LogP contribution in [0, 0.1) is 0 Å². The maximum absolute atomic E-state index is 12.5. The molecule has 2 aromatic carbocycles. The first-order valence-corrected chi connectivity index (χ1v) is 7.99. The highest BCUT2D eigenvalue weighted by Gasteiger charge is 2.25. The molecule has 0 amide bonds. The number of methoxy groups -OCH3 is 2. The zero-order valence-corrected chi connectivity index (χ0v) is 15.1. The van der Waals surface area contributed by atoms with E-state index in [9.17, 15) is 9.59 Å². The third-order valence-corrected chi connectivity index (χ3v) is 3.94. The number of carbonyl (C=O) groups excluding carboxylic acids is 2. The number of Topliss-reactive ketones (excluding diaryl/α,β-unsaturated/α-hetero) is 1. The second-order valence-electron chi connectivity index (χ2n) is 4.96. The third kappa shape index (κ3) is 3.94. The summed E-state index contributed by atoms with van der Waals surface area (Å²) in [4.78, 5) is 24.8. The van der Waals surface area contributed by atoms with Gasteiger partial charge in [-0.15, -0.1) is 0 Å². The zero-order chi connectivity index (χ0) is 17.7. The van der Waals surface area contributed by atoms with Crippen LogP contribution in [-0.2, 0) is 4.74 Å². The first-order chi connectivity index (χ1) is 11.5. The van der Waals surface area contributed by atoms with Crippen LogP contribution in [0.15, 0.2) is 46.9 Å². The predicted molar refractivity (Wildman–Crippen MR) is 92.9 cm³/mol. The SMILES string of the molecule is COc1cccc(OC)c1C(=O)O[C@@H](C)C(=O)c1ccc(Br)cc1. The van der Waals surface area contributed by atoms with E-state index in [1.807, 2.05) is 0 Å². The summed E-state index contributed by atoms with van der Waals surface area (Å²) in [5.41, 5.74) is 0.614. The summed E-state index contributed by atoms with van der Waals surface area (Å²) in [6.07, 6.45) is -0.937. The van der Waals surface area contributed by atoms with Crippen LogP contribution in [0.3, 0.4) is 0 Å². The number of benzene rings is 2. The molecule has 0 aliphatic carbocycles. The van der Waals surface area contributed by atoms with E-state index in [-0.39, 0.29) is 11.3 Å². The van der Waals surface area contributed by atoms with Crippen LogP contribution in [0.2, 0.25) is 0 Å².